The summed E-state index contributed by atoms with van der Waals surface area (Å²) >= 11 is 5.76. The second-order valence-corrected chi connectivity index (χ2v) is 4.38. The van der Waals surface area contributed by atoms with Crippen molar-refractivity contribution in [1.29, 1.82) is 0 Å². The van der Waals surface area contributed by atoms with Gasteiger partial charge in [0.05, 0.1) is 0 Å². The standard InChI is InChI=1S/C12H26ClN/c1-4-7-8-12(5-2)11-14(6-3)10-9-13/h12H,4-11H2,1-3H3. The molecule has 0 saturated heterocycles. The summed E-state index contributed by atoms with van der Waals surface area (Å²) < 4.78 is 0. The minimum Gasteiger partial charge on any atom is -0.302 e. The highest BCUT2D eigenvalue weighted by Gasteiger charge is 2.10. The number of alkyl halides is 1. The Morgan fingerprint density at radius 3 is 2.36 bits per heavy atom. The van der Waals surface area contributed by atoms with Crippen molar-refractivity contribution in [2.24, 2.45) is 5.92 Å². The molecule has 0 aliphatic heterocycles. The molecular weight excluding hydrogens is 194 g/mol. The second-order valence-electron chi connectivity index (χ2n) is 4.00. The SMILES string of the molecule is CCCCC(CC)CN(CC)CCCl. The number of nitrogens with zero attached hydrogens (tertiary/aromatic N) is 1. The Balaban J connectivity index is 3.75. The van der Waals surface area contributed by atoms with Crippen LogP contribution in [0.1, 0.15) is 46.5 Å². The first kappa shape index (κ1) is 14.2. The Morgan fingerprint density at radius 2 is 1.93 bits per heavy atom. The quantitative estimate of drug-likeness (QED) is 0.534. The highest BCUT2D eigenvalue weighted by atomic mass is 35.5. The van der Waals surface area contributed by atoms with Gasteiger partial charge < -0.3 is 4.90 Å². The number of rotatable bonds is 9. The lowest BCUT2D eigenvalue weighted by molar-refractivity contribution is 0.239. The lowest BCUT2D eigenvalue weighted by atomic mass is 9.99. The predicted octanol–water partition coefficient (Wildman–Crippen LogP) is 3.76. The van der Waals surface area contributed by atoms with E-state index in [4.69, 9.17) is 11.6 Å². The zero-order chi connectivity index (χ0) is 10.8. The third kappa shape index (κ3) is 6.67. The minimum absolute atomic E-state index is 0.762. The average Bonchev–Trinajstić information content (AvgIpc) is 2.22. The number of hydrogen-bond donors (Lipinski definition) is 0. The lowest BCUT2D eigenvalue weighted by Gasteiger charge is -2.24. The van der Waals surface area contributed by atoms with E-state index in [1.807, 2.05) is 0 Å². The molecule has 2 heteroatoms. The van der Waals surface area contributed by atoms with E-state index < -0.39 is 0 Å². The summed E-state index contributed by atoms with van der Waals surface area (Å²) in [6, 6.07) is 0. The van der Waals surface area contributed by atoms with E-state index in [1.54, 1.807) is 0 Å². The van der Waals surface area contributed by atoms with Gasteiger partial charge in [-0.05, 0) is 18.9 Å². The topological polar surface area (TPSA) is 3.24 Å². The first-order valence-corrected chi connectivity index (χ1v) is 6.60. The molecule has 1 unspecified atom stereocenters. The van der Waals surface area contributed by atoms with E-state index in [1.165, 1.54) is 32.2 Å². The van der Waals surface area contributed by atoms with Gasteiger partial charge in [0.25, 0.3) is 0 Å². The summed E-state index contributed by atoms with van der Waals surface area (Å²) in [5.74, 6) is 1.64. The number of halogens is 1. The maximum absolute atomic E-state index is 5.76. The lowest BCUT2D eigenvalue weighted by Crippen LogP contribution is -2.31. The minimum atomic E-state index is 0.762. The van der Waals surface area contributed by atoms with Gasteiger partial charge in [0.2, 0.25) is 0 Å². The summed E-state index contributed by atoms with van der Waals surface area (Å²) in [4.78, 5) is 2.47. The molecule has 0 heterocycles. The first-order chi connectivity index (χ1) is 6.78. The van der Waals surface area contributed by atoms with E-state index in [0.29, 0.717) is 0 Å². The summed E-state index contributed by atoms with van der Waals surface area (Å²) in [5, 5.41) is 0. The molecule has 0 amide bonds. The largest absolute Gasteiger partial charge is 0.302 e. The molecule has 14 heavy (non-hydrogen) atoms. The highest BCUT2D eigenvalue weighted by molar-refractivity contribution is 6.18. The molecule has 0 rings (SSSR count). The van der Waals surface area contributed by atoms with Crippen LogP contribution in [0.25, 0.3) is 0 Å². The van der Waals surface area contributed by atoms with Gasteiger partial charge in [0.15, 0.2) is 0 Å². The molecule has 0 radical (unpaired) electrons. The van der Waals surface area contributed by atoms with Gasteiger partial charge in [-0.1, -0.05) is 40.0 Å². The normalized spacial score (nSPS) is 13.5. The van der Waals surface area contributed by atoms with Crippen molar-refractivity contribution < 1.29 is 0 Å². The van der Waals surface area contributed by atoms with Crippen molar-refractivity contribution in [2.45, 2.75) is 46.5 Å². The van der Waals surface area contributed by atoms with E-state index in [0.717, 1.165) is 24.9 Å². The number of hydrogen-bond acceptors (Lipinski definition) is 1. The fourth-order valence-electron chi connectivity index (χ4n) is 1.78. The van der Waals surface area contributed by atoms with Crippen LogP contribution in [0, 0.1) is 5.92 Å². The molecular formula is C12H26ClN. The van der Waals surface area contributed by atoms with Crippen molar-refractivity contribution in [3.8, 4) is 0 Å². The Labute approximate surface area is 94.8 Å². The summed E-state index contributed by atoms with van der Waals surface area (Å²) in [7, 11) is 0. The molecule has 0 aromatic rings. The Morgan fingerprint density at radius 1 is 1.21 bits per heavy atom. The zero-order valence-corrected chi connectivity index (χ0v) is 10.8. The third-order valence-corrected chi connectivity index (χ3v) is 3.08. The molecule has 1 atom stereocenters. The molecule has 0 aliphatic carbocycles. The van der Waals surface area contributed by atoms with Crippen LogP contribution >= 0.6 is 11.6 Å². The third-order valence-electron chi connectivity index (χ3n) is 2.91. The first-order valence-electron chi connectivity index (χ1n) is 6.06. The van der Waals surface area contributed by atoms with Crippen molar-refractivity contribution in [2.75, 3.05) is 25.5 Å². The van der Waals surface area contributed by atoms with E-state index in [9.17, 15) is 0 Å². The smallest absolute Gasteiger partial charge is 0.0351 e. The van der Waals surface area contributed by atoms with Crippen molar-refractivity contribution in [3.05, 3.63) is 0 Å². The van der Waals surface area contributed by atoms with E-state index in [2.05, 4.69) is 25.7 Å². The molecule has 0 bridgehead atoms. The highest BCUT2D eigenvalue weighted by Crippen LogP contribution is 2.14. The van der Waals surface area contributed by atoms with Crippen LogP contribution in [0.2, 0.25) is 0 Å². The zero-order valence-electron chi connectivity index (χ0n) is 10.1. The van der Waals surface area contributed by atoms with Gasteiger partial charge in [-0.15, -0.1) is 11.6 Å². The van der Waals surface area contributed by atoms with Gasteiger partial charge >= 0.3 is 0 Å². The molecule has 0 fully saturated rings. The molecule has 0 saturated carbocycles. The van der Waals surface area contributed by atoms with E-state index >= 15 is 0 Å². The van der Waals surface area contributed by atoms with Crippen molar-refractivity contribution in [3.63, 3.8) is 0 Å². The van der Waals surface area contributed by atoms with Crippen LogP contribution in [0.5, 0.6) is 0 Å². The van der Waals surface area contributed by atoms with Gasteiger partial charge in [-0.3, -0.25) is 0 Å². The summed E-state index contributed by atoms with van der Waals surface area (Å²) in [5.41, 5.74) is 0. The van der Waals surface area contributed by atoms with Crippen LogP contribution in [0.3, 0.4) is 0 Å². The van der Waals surface area contributed by atoms with Gasteiger partial charge in [-0.2, -0.15) is 0 Å². The fourth-order valence-corrected chi connectivity index (χ4v) is 2.02. The second kappa shape index (κ2) is 9.79. The molecule has 0 N–H and O–H groups in total. The van der Waals surface area contributed by atoms with Crippen LogP contribution in [-0.4, -0.2) is 30.4 Å². The van der Waals surface area contributed by atoms with Crippen LogP contribution in [-0.2, 0) is 0 Å². The van der Waals surface area contributed by atoms with E-state index in [-0.39, 0.29) is 0 Å². The summed E-state index contributed by atoms with van der Waals surface area (Å²) in [6.07, 6.45) is 5.37. The molecule has 0 aromatic carbocycles. The van der Waals surface area contributed by atoms with Crippen LogP contribution < -0.4 is 0 Å². The number of unbranched alkanes of at least 4 members (excludes halogenated alkanes) is 1. The average molecular weight is 220 g/mol. The van der Waals surface area contributed by atoms with Gasteiger partial charge in [0.1, 0.15) is 0 Å². The monoisotopic (exact) mass is 219 g/mol. The Hall–Kier alpha value is 0.250. The Kier molecular flexibility index (Phi) is 9.97. The molecule has 0 spiro atoms. The van der Waals surface area contributed by atoms with Crippen LogP contribution in [0.4, 0.5) is 0 Å². The van der Waals surface area contributed by atoms with Gasteiger partial charge in [-0.25, -0.2) is 0 Å². The van der Waals surface area contributed by atoms with Crippen molar-refractivity contribution >= 4 is 11.6 Å². The van der Waals surface area contributed by atoms with Crippen molar-refractivity contribution in [1.82, 2.24) is 4.90 Å². The fraction of sp³-hybridized carbons (Fsp3) is 1.00. The summed E-state index contributed by atoms with van der Waals surface area (Å²) in [6.45, 7) is 10.2. The Bertz CT molecular complexity index is 117. The molecule has 0 aliphatic rings. The van der Waals surface area contributed by atoms with Gasteiger partial charge in [0, 0.05) is 19.0 Å². The predicted molar refractivity (Wildman–Crippen MR) is 66.1 cm³/mol. The molecule has 0 aromatic heterocycles. The molecule has 86 valence electrons. The van der Waals surface area contributed by atoms with Crippen LogP contribution in [0.15, 0.2) is 0 Å². The maximum atomic E-state index is 5.76. The molecule has 1 nitrogen and oxygen atoms in total. The maximum Gasteiger partial charge on any atom is 0.0351 e.